The van der Waals surface area contributed by atoms with Crippen molar-refractivity contribution < 1.29 is 18.3 Å². The van der Waals surface area contributed by atoms with Crippen LogP contribution in [0.3, 0.4) is 0 Å². The molecule has 1 aromatic carbocycles. The minimum Gasteiger partial charge on any atom is -0.368 e. The Bertz CT molecular complexity index is 1160. The number of halogens is 2. The number of amides is 1. The van der Waals surface area contributed by atoms with Crippen LogP contribution in [0, 0.1) is 18.6 Å². The van der Waals surface area contributed by atoms with Crippen molar-refractivity contribution in [3.05, 3.63) is 81.9 Å². The highest BCUT2D eigenvalue weighted by Crippen LogP contribution is 2.27. The van der Waals surface area contributed by atoms with E-state index in [9.17, 15) is 18.4 Å². The van der Waals surface area contributed by atoms with Crippen LogP contribution in [0.4, 0.5) is 8.78 Å². The maximum atomic E-state index is 14.1. The van der Waals surface area contributed by atoms with E-state index in [0.717, 1.165) is 4.68 Å². The fourth-order valence-electron chi connectivity index (χ4n) is 3.46. The van der Waals surface area contributed by atoms with Crippen molar-refractivity contribution in [1.82, 2.24) is 19.7 Å². The molecule has 1 fully saturated rings. The summed E-state index contributed by atoms with van der Waals surface area (Å²) in [4.78, 5) is 30.6. The summed E-state index contributed by atoms with van der Waals surface area (Å²) in [6, 6.07) is 11.4. The molecule has 0 unspecified atom stereocenters. The zero-order valence-electron chi connectivity index (χ0n) is 16.8. The van der Waals surface area contributed by atoms with Crippen molar-refractivity contribution in [2.75, 3.05) is 19.7 Å². The van der Waals surface area contributed by atoms with Crippen molar-refractivity contribution in [2.24, 2.45) is 0 Å². The lowest BCUT2D eigenvalue weighted by atomic mass is 10.1. The van der Waals surface area contributed by atoms with E-state index in [1.165, 1.54) is 30.3 Å². The van der Waals surface area contributed by atoms with Gasteiger partial charge in [0.25, 0.3) is 5.56 Å². The van der Waals surface area contributed by atoms with E-state index >= 15 is 0 Å². The first-order chi connectivity index (χ1) is 14.9. The third kappa shape index (κ3) is 4.51. The number of ether oxygens (including phenoxy) is 1. The van der Waals surface area contributed by atoms with E-state index in [0.29, 0.717) is 17.9 Å². The molecule has 0 aliphatic carbocycles. The average Bonchev–Trinajstić information content (AvgIpc) is 2.76. The molecule has 0 radical (unpaired) electrons. The van der Waals surface area contributed by atoms with Gasteiger partial charge in [-0.25, -0.2) is 18.4 Å². The molecule has 1 amide bonds. The van der Waals surface area contributed by atoms with Crippen LogP contribution in [0.5, 0.6) is 0 Å². The number of pyridine rings is 1. The summed E-state index contributed by atoms with van der Waals surface area (Å²) < 4.78 is 35.2. The van der Waals surface area contributed by atoms with Crippen molar-refractivity contribution >= 4 is 5.91 Å². The first kappa shape index (κ1) is 20.8. The molecule has 0 N–H and O–H groups in total. The zero-order valence-corrected chi connectivity index (χ0v) is 16.8. The molecule has 1 saturated heterocycles. The standard InChI is InChI=1S/C22H20F2N4O3/c1-14-8-9-20(29)28(26-14)13-21(30)27-10-11-31-19(12-27)17-6-3-7-18(25-17)22-15(23)4-2-5-16(22)24/h2-9,19H,10-13H2,1H3/t19-/m0/s1. The number of nitrogens with zero attached hydrogens (tertiary/aromatic N) is 4. The Morgan fingerprint density at radius 2 is 1.87 bits per heavy atom. The third-order valence-corrected chi connectivity index (χ3v) is 5.02. The van der Waals surface area contributed by atoms with Crippen LogP contribution in [0.15, 0.2) is 53.3 Å². The van der Waals surface area contributed by atoms with Crippen LogP contribution in [0.25, 0.3) is 11.3 Å². The van der Waals surface area contributed by atoms with Crippen LogP contribution in [-0.4, -0.2) is 45.3 Å². The Kier molecular flexibility index (Phi) is 5.85. The summed E-state index contributed by atoms with van der Waals surface area (Å²) in [7, 11) is 0. The summed E-state index contributed by atoms with van der Waals surface area (Å²) in [5.41, 5.74) is 0.677. The second-order valence-corrected chi connectivity index (χ2v) is 7.21. The normalized spacial score (nSPS) is 16.4. The van der Waals surface area contributed by atoms with Crippen LogP contribution < -0.4 is 5.56 Å². The van der Waals surface area contributed by atoms with E-state index in [4.69, 9.17) is 4.74 Å². The summed E-state index contributed by atoms with van der Waals surface area (Å²) in [6.45, 7) is 2.39. The van der Waals surface area contributed by atoms with Gasteiger partial charge in [-0.05, 0) is 37.3 Å². The topological polar surface area (TPSA) is 77.3 Å². The summed E-state index contributed by atoms with van der Waals surface area (Å²) >= 11 is 0. The van der Waals surface area contributed by atoms with Crippen LogP contribution in [-0.2, 0) is 16.1 Å². The number of hydrogen-bond donors (Lipinski definition) is 0. The Hall–Kier alpha value is -3.46. The van der Waals surface area contributed by atoms with Crippen LogP contribution in [0.2, 0.25) is 0 Å². The molecule has 31 heavy (non-hydrogen) atoms. The van der Waals surface area contributed by atoms with Gasteiger partial charge in [-0.15, -0.1) is 0 Å². The first-order valence-corrected chi connectivity index (χ1v) is 9.78. The second-order valence-electron chi connectivity index (χ2n) is 7.21. The number of rotatable bonds is 4. The highest BCUT2D eigenvalue weighted by Gasteiger charge is 2.27. The van der Waals surface area contributed by atoms with Gasteiger partial charge < -0.3 is 9.64 Å². The van der Waals surface area contributed by atoms with Crippen molar-refractivity contribution in [3.63, 3.8) is 0 Å². The fraction of sp³-hybridized carbons (Fsp3) is 0.273. The number of aromatic nitrogens is 3. The molecule has 1 aliphatic rings. The lowest BCUT2D eigenvalue weighted by molar-refractivity contribution is -0.140. The SMILES string of the molecule is Cc1ccc(=O)n(CC(=O)N2CCO[C@H](c3cccc(-c4c(F)cccc4F)n3)C2)n1. The highest BCUT2D eigenvalue weighted by atomic mass is 19.1. The maximum Gasteiger partial charge on any atom is 0.267 e. The summed E-state index contributed by atoms with van der Waals surface area (Å²) in [5.74, 6) is -1.69. The molecule has 2 aromatic heterocycles. The molecule has 3 aromatic rings. The predicted octanol–water partition coefficient (Wildman–Crippen LogP) is 2.49. The molecular weight excluding hydrogens is 406 g/mol. The molecule has 1 aliphatic heterocycles. The van der Waals surface area contributed by atoms with E-state index in [1.807, 2.05) is 0 Å². The monoisotopic (exact) mass is 426 g/mol. The average molecular weight is 426 g/mol. The number of benzene rings is 1. The lowest BCUT2D eigenvalue weighted by Crippen LogP contribution is -2.45. The predicted molar refractivity (Wildman–Crippen MR) is 108 cm³/mol. The van der Waals surface area contributed by atoms with Crippen LogP contribution >= 0.6 is 0 Å². The van der Waals surface area contributed by atoms with E-state index < -0.39 is 17.7 Å². The van der Waals surface area contributed by atoms with Gasteiger partial charge in [0.1, 0.15) is 24.3 Å². The number of hydrogen-bond acceptors (Lipinski definition) is 5. The number of carbonyl (C=O) groups is 1. The van der Waals surface area contributed by atoms with Gasteiger partial charge in [0.2, 0.25) is 5.91 Å². The second kappa shape index (κ2) is 8.73. The van der Waals surface area contributed by atoms with Gasteiger partial charge in [0.05, 0.1) is 35.8 Å². The number of aryl methyl sites for hydroxylation is 1. The van der Waals surface area contributed by atoms with Gasteiger partial charge in [-0.1, -0.05) is 12.1 Å². The Labute approximate surface area is 176 Å². The molecule has 1 atom stereocenters. The molecule has 160 valence electrons. The van der Waals surface area contributed by atoms with Crippen molar-refractivity contribution in [2.45, 2.75) is 19.6 Å². The number of morpholine rings is 1. The molecule has 0 bridgehead atoms. The Morgan fingerprint density at radius 1 is 1.13 bits per heavy atom. The van der Waals surface area contributed by atoms with Crippen LogP contribution in [0.1, 0.15) is 17.5 Å². The molecule has 0 saturated carbocycles. The maximum absolute atomic E-state index is 14.1. The van der Waals surface area contributed by atoms with Crippen molar-refractivity contribution in [3.8, 4) is 11.3 Å². The van der Waals surface area contributed by atoms with Gasteiger partial charge in [-0.3, -0.25) is 9.59 Å². The van der Waals surface area contributed by atoms with Gasteiger partial charge in [0, 0.05) is 12.6 Å². The largest absolute Gasteiger partial charge is 0.368 e. The van der Waals surface area contributed by atoms with Gasteiger partial charge in [-0.2, -0.15) is 5.10 Å². The number of carbonyl (C=O) groups excluding carboxylic acids is 1. The lowest BCUT2D eigenvalue weighted by Gasteiger charge is -2.32. The van der Waals surface area contributed by atoms with Gasteiger partial charge in [0.15, 0.2) is 0 Å². The molecular formula is C22H20F2N4O3. The van der Waals surface area contributed by atoms with Crippen molar-refractivity contribution in [1.29, 1.82) is 0 Å². The third-order valence-electron chi connectivity index (χ3n) is 5.02. The summed E-state index contributed by atoms with van der Waals surface area (Å²) in [6.07, 6.45) is -0.560. The van der Waals surface area contributed by atoms with E-state index in [-0.39, 0.29) is 42.4 Å². The Morgan fingerprint density at radius 3 is 2.65 bits per heavy atom. The molecule has 3 heterocycles. The van der Waals surface area contributed by atoms with E-state index in [1.54, 1.807) is 30.0 Å². The summed E-state index contributed by atoms with van der Waals surface area (Å²) in [5, 5.41) is 4.09. The Balaban J connectivity index is 1.53. The minimum absolute atomic E-state index is 0.149. The minimum atomic E-state index is -0.706. The quantitative estimate of drug-likeness (QED) is 0.641. The zero-order chi connectivity index (χ0) is 22.0. The highest BCUT2D eigenvalue weighted by molar-refractivity contribution is 5.76. The smallest absolute Gasteiger partial charge is 0.267 e. The molecule has 7 nitrogen and oxygen atoms in total. The first-order valence-electron chi connectivity index (χ1n) is 9.78. The van der Waals surface area contributed by atoms with E-state index in [2.05, 4.69) is 10.1 Å². The van der Waals surface area contributed by atoms with Gasteiger partial charge >= 0.3 is 0 Å². The molecule has 0 spiro atoms. The molecule has 4 rings (SSSR count). The molecule has 9 heteroatoms. The fourth-order valence-corrected chi connectivity index (χ4v) is 3.46.